The molecule has 0 saturated carbocycles. The molecule has 0 radical (unpaired) electrons. The van der Waals surface area contributed by atoms with Crippen molar-refractivity contribution < 1.29 is 26.5 Å². The summed E-state index contributed by atoms with van der Waals surface area (Å²) < 4.78 is 49.2. The van der Waals surface area contributed by atoms with Crippen molar-refractivity contribution in [1.82, 2.24) is 9.78 Å². The molecule has 1 aromatic heterocycles. The van der Waals surface area contributed by atoms with Crippen LogP contribution in [0.4, 0.5) is 4.39 Å². The average molecular weight is 432 g/mol. The van der Waals surface area contributed by atoms with Gasteiger partial charge in [0, 0.05) is 0 Å². The molecular weight excluding hydrogens is 415 g/mol. The van der Waals surface area contributed by atoms with E-state index >= 15 is 0 Å². The SMILES string of the molecule is CCOC(=O)c1nn(-c2ccc(C)cc2)c(=O)cc1OS(=O)(=O)c1cccc(F)c1. The van der Waals surface area contributed by atoms with Gasteiger partial charge in [-0.25, -0.2) is 9.18 Å². The van der Waals surface area contributed by atoms with Crippen molar-refractivity contribution in [2.45, 2.75) is 18.7 Å². The minimum atomic E-state index is -4.54. The number of ether oxygens (including phenoxy) is 1. The van der Waals surface area contributed by atoms with Gasteiger partial charge in [0.25, 0.3) is 5.56 Å². The minimum absolute atomic E-state index is 0.0136. The van der Waals surface area contributed by atoms with E-state index in [1.165, 1.54) is 6.07 Å². The molecule has 0 aliphatic rings. The maximum Gasteiger partial charge on any atom is 0.362 e. The highest BCUT2D eigenvalue weighted by molar-refractivity contribution is 7.87. The minimum Gasteiger partial charge on any atom is -0.461 e. The van der Waals surface area contributed by atoms with E-state index in [1.54, 1.807) is 31.2 Å². The zero-order chi connectivity index (χ0) is 21.9. The maximum atomic E-state index is 13.4. The van der Waals surface area contributed by atoms with Gasteiger partial charge in [-0.15, -0.1) is 0 Å². The summed E-state index contributed by atoms with van der Waals surface area (Å²) >= 11 is 0. The van der Waals surface area contributed by atoms with Crippen LogP contribution in [0.5, 0.6) is 5.75 Å². The highest BCUT2D eigenvalue weighted by Crippen LogP contribution is 2.22. The van der Waals surface area contributed by atoms with E-state index in [-0.39, 0.29) is 6.61 Å². The lowest BCUT2D eigenvalue weighted by Gasteiger charge is -2.12. The molecule has 3 rings (SSSR count). The Balaban J connectivity index is 2.11. The zero-order valence-electron chi connectivity index (χ0n) is 16.0. The molecule has 0 unspecified atom stereocenters. The lowest BCUT2D eigenvalue weighted by atomic mass is 10.2. The second-order valence-electron chi connectivity index (χ2n) is 6.16. The monoisotopic (exact) mass is 432 g/mol. The summed E-state index contributed by atoms with van der Waals surface area (Å²) in [6, 6.07) is 11.6. The second kappa shape index (κ2) is 8.46. The highest BCUT2D eigenvalue weighted by atomic mass is 32.2. The van der Waals surface area contributed by atoms with E-state index in [0.717, 1.165) is 34.5 Å². The first-order valence-electron chi connectivity index (χ1n) is 8.80. The van der Waals surface area contributed by atoms with Crippen molar-refractivity contribution in [3.8, 4) is 11.4 Å². The van der Waals surface area contributed by atoms with Gasteiger partial charge in [0.2, 0.25) is 5.69 Å². The Labute approximate surface area is 171 Å². The summed E-state index contributed by atoms with van der Waals surface area (Å²) in [5.74, 6) is -2.40. The van der Waals surface area contributed by atoms with E-state index < -0.39 is 43.8 Å². The third kappa shape index (κ3) is 4.54. The van der Waals surface area contributed by atoms with E-state index in [9.17, 15) is 22.4 Å². The molecule has 10 heteroatoms. The van der Waals surface area contributed by atoms with Crippen molar-refractivity contribution in [3.05, 3.63) is 82.0 Å². The third-order valence-corrected chi connectivity index (χ3v) is 5.16. The smallest absolute Gasteiger partial charge is 0.362 e. The fourth-order valence-electron chi connectivity index (χ4n) is 2.50. The standard InChI is InChI=1S/C20H17FN2O6S/c1-3-28-20(25)19-17(29-30(26,27)16-6-4-5-14(21)11-16)12-18(24)23(22-19)15-9-7-13(2)8-10-15/h4-12H,3H2,1-2H3. The highest BCUT2D eigenvalue weighted by Gasteiger charge is 2.25. The van der Waals surface area contributed by atoms with E-state index in [0.29, 0.717) is 5.69 Å². The number of esters is 1. The fourth-order valence-corrected chi connectivity index (χ4v) is 3.47. The van der Waals surface area contributed by atoms with Gasteiger partial charge in [-0.05, 0) is 44.2 Å². The Morgan fingerprint density at radius 3 is 2.47 bits per heavy atom. The van der Waals surface area contributed by atoms with Crippen molar-refractivity contribution in [3.63, 3.8) is 0 Å². The van der Waals surface area contributed by atoms with E-state index in [1.807, 2.05) is 6.92 Å². The third-order valence-electron chi connectivity index (χ3n) is 3.93. The predicted octanol–water partition coefficient (Wildman–Crippen LogP) is 2.62. The number of nitrogens with zero attached hydrogens (tertiary/aromatic N) is 2. The molecule has 0 bridgehead atoms. The van der Waals surface area contributed by atoms with Gasteiger partial charge in [-0.3, -0.25) is 4.79 Å². The molecule has 0 aliphatic carbocycles. The number of aryl methyl sites for hydroxylation is 1. The van der Waals surface area contributed by atoms with Crippen LogP contribution in [0.1, 0.15) is 23.0 Å². The van der Waals surface area contributed by atoms with Gasteiger partial charge in [0.05, 0.1) is 18.4 Å². The topological polar surface area (TPSA) is 105 Å². The van der Waals surface area contributed by atoms with Crippen LogP contribution in [0.3, 0.4) is 0 Å². The molecule has 0 fully saturated rings. The average Bonchev–Trinajstić information content (AvgIpc) is 2.69. The molecule has 156 valence electrons. The summed E-state index contributed by atoms with van der Waals surface area (Å²) in [7, 11) is -4.54. The van der Waals surface area contributed by atoms with Crippen LogP contribution in [-0.2, 0) is 14.9 Å². The Kier molecular flexibility index (Phi) is 5.97. The Morgan fingerprint density at radius 1 is 1.13 bits per heavy atom. The zero-order valence-corrected chi connectivity index (χ0v) is 16.8. The first-order chi connectivity index (χ1) is 14.2. The van der Waals surface area contributed by atoms with E-state index in [2.05, 4.69) is 5.10 Å². The van der Waals surface area contributed by atoms with Crippen molar-refractivity contribution in [2.24, 2.45) is 0 Å². The molecule has 8 nitrogen and oxygen atoms in total. The maximum absolute atomic E-state index is 13.4. The molecule has 0 aliphatic heterocycles. The molecule has 3 aromatic rings. The molecule has 0 spiro atoms. The number of hydrogen-bond acceptors (Lipinski definition) is 7. The Morgan fingerprint density at radius 2 is 1.83 bits per heavy atom. The molecule has 0 atom stereocenters. The number of halogens is 1. The van der Waals surface area contributed by atoms with E-state index in [4.69, 9.17) is 8.92 Å². The molecular formula is C20H17FN2O6S. The van der Waals surface area contributed by atoms with Crippen LogP contribution < -0.4 is 9.74 Å². The largest absolute Gasteiger partial charge is 0.461 e. The van der Waals surface area contributed by atoms with Crippen LogP contribution in [0, 0.1) is 12.7 Å². The molecule has 0 N–H and O–H groups in total. The van der Waals surface area contributed by atoms with Gasteiger partial charge >= 0.3 is 16.1 Å². The van der Waals surface area contributed by atoms with Crippen LogP contribution in [0.15, 0.2) is 64.3 Å². The lowest BCUT2D eigenvalue weighted by molar-refractivity contribution is 0.0515. The first-order valence-corrected chi connectivity index (χ1v) is 10.2. The number of carbonyl (C=O) groups is 1. The number of benzene rings is 2. The van der Waals surface area contributed by atoms with Crippen LogP contribution >= 0.6 is 0 Å². The molecule has 2 aromatic carbocycles. The van der Waals surface area contributed by atoms with Crippen molar-refractivity contribution in [1.29, 1.82) is 0 Å². The van der Waals surface area contributed by atoms with Crippen LogP contribution in [-0.4, -0.2) is 30.8 Å². The fraction of sp³-hybridized carbons (Fsp3) is 0.150. The summed E-state index contributed by atoms with van der Waals surface area (Å²) in [5.41, 5.74) is 0.0441. The quantitative estimate of drug-likeness (QED) is 0.436. The van der Waals surface area contributed by atoms with Crippen molar-refractivity contribution in [2.75, 3.05) is 6.61 Å². The lowest BCUT2D eigenvalue weighted by Crippen LogP contribution is -2.26. The molecule has 0 amide bonds. The molecule has 1 heterocycles. The number of carbonyl (C=O) groups excluding carboxylic acids is 1. The van der Waals surface area contributed by atoms with Crippen molar-refractivity contribution >= 4 is 16.1 Å². The van der Waals surface area contributed by atoms with Gasteiger partial charge in [-0.2, -0.15) is 18.2 Å². The summed E-state index contributed by atoms with van der Waals surface area (Å²) in [5, 5.41) is 3.95. The van der Waals surface area contributed by atoms with Crippen LogP contribution in [0.25, 0.3) is 5.69 Å². The molecule has 30 heavy (non-hydrogen) atoms. The Bertz CT molecular complexity index is 1250. The van der Waals surface area contributed by atoms with Gasteiger partial charge < -0.3 is 8.92 Å². The Hall–Kier alpha value is -3.53. The van der Waals surface area contributed by atoms with Gasteiger partial charge in [0.1, 0.15) is 10.7 Å². The number of rotatable bonds is 6. The first kappa shape index (κ1) is 21.2. The number of aromatic nitrogens is 2. The van der Waals surface area contributed by atoms with Gasteiger partial charge in [-0.1, -0.05) is 23.8 Å². The molecule has 0 saturated heterocycles. The summed E-state index contributed by atoms with van der Waals surface area (Å²) in [6.45, 7) is 3.40. The summed E-state index contributed by atoms with van der Waals surface area (Å²) in [4.78, 5) is 24.4. The van der Waals surface area contributed by atoms with Crippen LogP contribution in [0.2, 0.25) is 0 Å². The predicted molar refractivity (Wildman–Crippen MR) is 105 cm³/mol. The normalized spacial score (nSPS) is 11.2. The number of hydrogen-bond donors (Lipinski definition) is 0. The second-order valence-corrected chi connectivity index (χ2v) is 7.70. The van der Waals surface area contributed by atoms with Gasteiger partial charge in [0.15, 0.2) is 5.75 Å². The summed E-state index contributed by atoms with van der Waals surface area (Å²) in [6.07, 6.45) is 0.